The summed E-state index contributed by atoms with van der Waals surface area (Å²) in [6.45, 7) is 1.93. The maximum absolute atomic E-state index is 11.5. The maximum Gasteiger partial charge on any atom is 0.252 e. The van der Waals surface area contributed by atoms with E-state index in [2.05, 4.69) is 16.2 Å². The fraction of sp³-hybridized carbons (Fsp3) is 0.273. The molecule has 1 heterocycles. The molecule has 0 aromatic carbocycles. The van der Waals surface area contributed by atoms with Gasteiger partial charge in [-0.1, -0.05) is 12.8 Å². The van der Waals surface area contributed by atoms with Crippen LogP contribution < -0.4 is 5.32 Å². The number of aromatic nitrogens is 1. The normalized spacial score (nSPS) is 11.4. The van der Waals surface area contributed by atoms with E-state index in [9.17, 15) is 4.79 Å². The van der Waals surface area contributed by atoms with Crippen molar-refractivity contribution in [2.75, 3.05) is 0 Å². The monoisotopic (exact) mass is 188 g/mol. The largest absolute Gasteiger partial charge is 0.338 e. The second-order valence-electron chi connectivity index (χ2n) is 2.84. The van der Waals surface area contributed by atoms with E-state index in [-0.39, 0.29) is 11.9 Å². The second kappa shape index (κ2) is 5.03. The smallest absolute Gasteiger partial charge is 0.252 e. The fourth-order valence-corrected chi connectivity index (χ4v) is 1.01. The lowest BCUT2D eigenvalue weighted by molar-refractivity contribution is 0.0945. The Balaban J connectivity index is 2.64. The van der Waals surface area contributed by atoms with Gasteiger partial charge in [0.05, 0.1) is 6.04 Å². The molecule has 0 aliphatic heterocycles. The topological polar surface area (TPSA) is 42.0 Å². The summed E-state index contributed by atoms with van der Waals surface area (Å²) in [5, 5.41) is 2.73. The molecule has 72 valence electrons. The highest BCUT2D eigenvalue weighted by molar-refractivity contribution is 5.94. The van der Waals surface area contributed by atoms with E-state index in [0.717, 1.165) is 6.42 Å². The molecule has 1 aromatic heterocycles. The number of carbonyl (C=O) groups excluding carboxylic acids is 1. The third-order valence-corrected chi connectivity index (χ3v) is 1.86. The summed E-state index contributed by atoms with van der Waals surface area (Å²) in [7, 11) is 0. The minimum Gasteiger partial charge on any atom is -0.338 e. The summed E-state index contributed by atoms with van der Waals surface area (Å²) >= 11 is 0. The van der Waals surface area contributed by atoms with Crippen LogP contribution in [0.1, 0.15) is 23.7 Å². The van der Waals surface area contributed by atoms with Crippen LogP contribution in [0.2, 0.25) is 0 Å². The average molecular weight is 188 g/mol. The molecule has 1 N–H and O–H groups in total. The molecule has 0 saturated heterocycles. The summed E-state index contributed by atoms with van der Waals surface area (Å²) in [6, 6.07) is 3.10. The molecule has 1 amide bonds. The van der Waals surface area contributed by atoms with Crippen molar-refractivity contribution in [2.24, 2.45) is 0 Å². The van der Waals surface area contributed by atoms with Gasteiger partial charge in [0, 0.05) is 18.0 Å². The van der Waals surface area contributed by atoms with E-state index >= 15 is 0 Å². The molecule has 0 saturated carbocycles. The third-order valence-electron chi connectivity index (χ3n) is 1.86. The predicted molar refractivity (Wildman–Crippen MR) is 54.6 cm³/mol. The van der Waals surface area contributed by atoms with Crippen LogP contribution in [0.4, 0.5) is 0 Å². The van der Waals surface area contributed by atoms with Crippen LogP contribution in [-0.4, -0.2) is 16.9 Å². The lowest BCUT2D eigenvalue weighted by Crippen LogP contribution is -2.33. The molecular formula is C11H12N2O. The number of hydrogen-bond donors (Lipinski definition) is 1. The van der Waals surface area contributed by atoms with Gasteiger partial charge < -0.3 is 5.32 Å². The van der Waals surface area contributed by atoms with Gasteiger partial charge in [-0.15, -0.1) is 6.42 Å². The molecular weight excluding hydrogens is 176 g/mol. The van der Waals surface area contributed by atoms with Crippen LogP contribution in [0.25, 0.3) is 0 Å². The lowest BCUT2D eigenvalue weighted by atomic mass is 10.2. The minimum absolute atomic E-state index is 0.155. The SMILES string of the molecule is C#CC(CC)NC(=O)c1ccncc1. The van der Waals surface area contributed by atoms with Crippen molar-refractivity contribution in [2.45, 2.75) is 19.4 Å². The molecule has 14 heavy (non-hydrogen) atoms. The minimum atomic E-state index is -0.198. The van der Waals surface area contributed by atoms with Gasteiger partial charge in [-0.25, -0.2) is 0 Å². The van der Waals surface area contributed by atoms with Crippen LogP contribution in [-0.2, 0) is 0 Å². The van der Waals surface area contributed by atoms with Crippen molar-refractivity contribution in [3.8, 4) is 12.3 Å². The number of carbonyl (C=O) groups is 1. The summed E-state index contributed by atoms with van der Waals surface area (Å²) in [4.78, 5) is 15.4. The zero-order valence-electron chi connectivity index (χ0n) is 8.03. The molecule has 0 fully saturated rings. The van der Waals surface area contributed by atoms with Gasteiger partial charge in [-0.3, -0.25) is 9.78 Å². The standard InChI is InChI=1S/C11H12N2O/c1-3-10(4-2)13-11(14)9-5-7-12-8-6-9/h1,5-8,10H,4H2,2H3,(H,13,14). The predicted octanol–water partition coefficient (Wildman–Crippen LogP) is 1.22. The molecule has 0 spiro atoms. The zero-order chi connectivity index (χ0) is 10.4. The van der Waals surface area contributed by atoms with Gasteiger partial charge in [0.15, 0.2) is 0 Å². The maximum atomic E-state index is 11.5. The van der Waals surface area contributed by atoms with Gasteiger partial charge in [0.2, 0.25) is 0 Å². The van der Waals surface area contributed by atoms with Crippen molar-refractivity contribution in [1.29, 1.82) is 0 Å². The second-order valence-corrected chi connectivity index (χ2v) is 2.84. The summed E-state index contributed by atoms with van der Waals surface area (Å²) in [5.41, 5.74) is 0.578. The Morgan fingerprint density at radius 3 is 2.79 bits per heavy atom. The Morgan fingerprint density at radius 1 is 1.64 bits per heavy atom. The van der Waals surface area contributed by atoms with Crippen LogP contribution in [0.15, 0.2) is 24.5 Å². The number of rotatable bonds is 3. The van der Waals surface area contributed by atoms with Crippen molar-refractivity contribution >= 4 is 5.91 Å². The fourth-order valence-electron chi connectivity index (χ4n) is 1.01. The first-order valence-electron chi connectivity index (χ1n) is 4.45. The van der Waals surface area contributed by atoms with E-state index < -0.39 is 0 Å². The van der Waals surface area contributed by atoms with Crippen molar-refractivity contribution in [3.63, 3.8) is 0 Å². The Bertz CT molecular complexity index is 340. The number of amides is 1. The lowest BCUT2D eigenvalue weighted by Gasteiger charge is -2.09. The Kier molecular flexibility index (Phi) is 3.69. The zero-order valence-corrected chi connectivity index (χ0v) is 8.03. The first-order valence-corrected chi connectivity index (χ1v) is 4.45. The number of nitrogens with one attached hydrogen (secondary N) is 1. The summed E-state index contributed by atoms with van der Waals surface area (Å²) in [5.74, 6) is 2.35. The molecule has 1 unspecified atom stereocenters. The van der Waals surface area contributed by atoms with Crippen LogP contribution in [0, 0.1) is 12.3 Å². The highest BCUT2D eigenvalue weighted by atomic mass is 16.1. The number of nitrogens with zero attached hydrogens (tertiary/aromatic N) is 1. The molecule has 3 heteroatoms. The molecule has 0 bridgehead atoms. The molecule has 1 rings (SSSR count). The van der Waals surface area contributed by atoms with Gasteiger partial charge in [-0.05, 0) is 18.6 Å². The Labute approximate surface area is 83.6 Å². The molecule has 1 atom stereocenters. The van der Waals surface area contributed by atoms with Crippen molar-refractivity contribution < 1.29 is 4.79 Å². The van der Waals surface area contributed by atoms with Crippen molar-refractivity contribution in [1.82, 2.24) is 10.3 Å². The first-order chi connectivity index (χ1) is 6.77. The van der Waals surface area contributed by atoms with Crippen LogP contribution in [0.3, 0.4) is 0 Å². The van der Waals surface area contributed by atoms with Crippen molar-refractivity contribution in [3.05, 3.63) is 30.1 Å². The number of terminal acetylenes is 1. The Morgan fingerprint density at radius 2 is 2.29 bits per heavy atom. The van der Waals surface area contributed by atoms with Gasteiger partial charge in [0.25, 0.3) is 5.91 Å². The molecule has 3 nitrogen and oxygen atoms in total. The molecule has 0 aliphatic rings. The highest BCUT2D eigenvalue weighted by Crippen LogP contribution is 1.97. The molecule has 0 aliphatic carbocycles. The quantitative estimate of drug-likeness (QED) is 0.725. The summed E-state index contributed by atoms with van der Waals surface area (Å²) < 4.78 is 0. The van der Waals surface area contributed by atoms with Gasteiger partial charge in [0.1, 0.15) is 0 Å². The van der Waals surface area contributed by atoms with Crippen LogP contribution >= 0.6 is 0 Å². The van der Waals surface area contributed by atoms with Crippen LogP contribution in [0.5, 0.6) is 0 Å². The molecule has 0 radical (unpaired) electrons. The molecule has 1 aromatic rings. The van der Waals surface area contributed by atoms with E-state index in [4.69, 9.17) is 6.42 Å². The van der Waals surface area contributed by atoms with Gasteiger partial charge in [-0.2, -0.15) is 0 Å². The van der Waals surface area contributed by atoms with E-state index in [1.165, 1.54) is 0 Å². The number of hydrogen-bond acceptors (Lipinski definition) is 2. The highest BCUT2D eigenvalue weighted by Gasteiger charge is 2.08. The van der Waals surface area contributed by atoms with Gasteiger partial charge >= 0.3 is 0 Å². The Hall–Kier alpha value is -1.82. The van der Waals surface area contributed by atoms with E-state index in [0.29, 0.717) is 5.56 Å². The average Bonchev–Trinajstić information content (AvgIpc) is 2.26. The van der Waals surface area contributed by atoms with E-state index in [1.807, 2.05) is 6.92 Å². The number of pyridine rings is 1. The van der Waals surface area contributed by atoms with E-state index in [1.54, 1.807) is 24.5 Å². The third kappa shape index (κ3) is 2.60. The first kappa shape index (κ1) is 10.3. The summed E-state index contributed by atoms with van der Waals surface area (Å²) in [6.07, 6.45) is 9.11.